The maximum Gasteiger partial charge on any atom is 0.150 e. The molecule has 3 rings (SSSR count). The fourth-order valence-electron chi connectivity index (χ4n) is 2.27. The highest BCUT2D eigenvalue weighted by atomic mass is 19.1. The van der Waals surface area contributed by atoms with Crippen LogP contribution in [0.1, 0.15) is 29.0 Å². The highest BCUT2D eigenvalue weighted by Gasteiger charge is 2.33. The van der Waals surface area contributed by atoms with E-state index < -0.39 is 11.6 Å². The first-order valence-corrected chi connectivity index (χ1v) is 6.42. The van der Waals surface area contributed by atoms with Gasteiger partial charge in [-0.05, 0) is 37.1 Å². The Labute approximate surface area is 114 Å². The van der Waals surface area contributed by atoms with Crippen molar-refractivity contribution in [2.75, 3.05) is 4.90 Å². The van der Waals surface area contributed by atoms with Crippen LogP contribution in [0.2, 0.25) is 0 Å². The van der Waals surface area contributed by atoms with Gasteiger partial charge in [-0.2, -0.15) is 0 Å². The number of halogens is 2. The molecule has 5 heteroatoms. The summed E-state index contributed by atoms with van der Waals surface area (Å²) in [5.74, 6) is -0.786. The van der Waals surface area contributed by atoms with Crippen LogP contribution in [-0.2, 0) is 6.54 Å². The Balaban J connectivity index is 1.97. The Morgan fingerprint density at radius 1 is 1.30 bits per heavy atom. The van der Waals surface area contributed by atoms with E-state index in [2.05, 4.69) is 0 Å². The van der Waals surface area contributed by atoms with E-state index in [0.717, 1.165) is 25.0 Å². The molecule has 0 radical (unpaired) electrons. The Morgan fingerprint density at radius 2 is 2.00 bits per heavy atom. The Kier molecular flexibility index (Phi) is 3.26. The van der Waals surface area contributed by atoms with Crippen LogP contribution in [-0.4, -0.2) is 12.3 Å². The van der Waals surface area contributed by atoms with Crippen molar-refractivity contribution in [1.82, 2.24) is 0 Å². The van der Waals surface area contributed by atoms with Gasteiger partial charge in [0.05, 0.1) is 12.8 Å². The van der Waals surface area contributed by atoms with Crippen molar-refractivity contribution in [3.63, 3.8) is 0 Å². The van der Waals surface area contributed by atoms with Gasteiger partial charge in [0.2, 0.25) is 0 Å². The highest BCUT2D eigenvalue weighted by Crippen LogP contribution is 2.36. The van der Waals surface area contributed by atoms with Crippen LogP contribution < -0.4 is 4.90 Å². The summed E-state index contributed by atoms with van der Waals surface area (Å²) in [5.41, 5.74) is -0.0907. The fraction of sp³-hybridized carbons (Fsp3) is 0.267. The lowest BCUT2D eigenvalue weighted by molar-refractivity contribution is 0.112. The van der Waals surface area contributed by atoms with E-state index in [0.29, 0.717) is 18.6 Å². The lowest BCUT2D eigenvalue weighted by Gasteiger charge is -2.24. The smallest absolute Gasteiger partial charge is 0.150 e. The summed E-state index contributed by atoms with van der Waals surface area (Å²) in [6.07, 6.45) is 3.76. The zero-order valence-electron chi connectivity index (χ0n) is 10.7. The number of hydrogen-bond donors (Lipinski definition) is 0. The Morgan fingerprint density at radius 3 is 2.50 bits per heavy atom. The summed E-state index contributed by atoms with van der Waals surface area (Å²) in [5, 5.41) is 0. The van der Waals surface area contributed by atoms with Gasteiger partial charge in [0.25, 0.3) is 0 Å². The molecule has 3 nitrogen and oxygen atoms in total. The molecule has 0 saturated heterocycles. The molecule has 0 atom stereocenters. The number of carbonyl (C=O) groups excluding carboxylic acids is 1. The molecule has 0 amide bonds. The first kappa shape index (κ1) is 12.8. The summed E-state index contributed by atoms with van der Waals surface area (Å²) in [4.78, 5) is 12.3. The number of hydrogen-bond acceptors (Lipinski definition) is 3. The van der Waals surface area contributed by atoms with E-state index in [1.54, 1.807) is 17.0 Å². The van der Waals surface area contributed by atoms with Gasteiger partial charge in [0, 0.05) is 11.6 Å². The topological polar surface area (TPSA) is 33.5 Å². The lowest BCUT2D eigenvalue weighted by Crippen LogP contribution is -2.27. The van der Waals surface area contributed by atoms with Crippen LogP contribution in [0.3, 0.4) is 0 Å². The predicted octanol–water partition coefficient (Wildman–Crippen LogP) is 3.54. The minimum atomic E-state index is -0.717. The maximum absolute atomic E-state index is 14.1. The van der Waals surface area contributed by atoms with Crippen molar-refractivity contribution in [2.45, 2.75) is 25.4 Å². The number of carbonyl (C=O) groups is 1. The number of rotatable bonds is 5. The molecule has 2 aromatic rings. The van der Waals surface area contributed by atoms with Crippen LogP contribution in [0.25, 0.3) is 0 Å². The van der Waals surface area contributed by atoms with Crippen molar-refractivity contribution in [2.24, 2.45) is 0 Å². The molecule has 1 aromatic heterocycles. The quantitative estimate of drug-likeness (QED) is 0.784. The molecule has 0 spiro atoms. The molecule has 0 N–H and O–H groups in total. The van der Waals surface area contributed by atoms with Crippen molar-refractivity contribution >= 4 is 12.0 Å². The average molecular weight is 277 g/mol. The van der Waals surface area contributed by atoms with Gasteiger partial charge >= 0.3 is 0 Å². The van der Waals surface area contributed by atoms with Gasteiger partial charge < -0.3 is 9.32 Å². The second-order valence-electron chi connectivity index (χ2n) is 4.89. The molecule has 0 aliphatic heterocycles. The fourth-order valence-corrected chi connectivity index (χ4v) is 2.27. The van der Waals surface area contributed by atoms with Gasteiger partial charge in [0.1, 0.15) is 29.4 Å². The van der Waals surface area contributed by atoms with Crippen LogP contribution in [0, 0.1) is 11.6 Å². The Bertz CT molecular complexity index is 598. The van der Waals surface area contributed by atoms with E-state index in [1.165, 1.54) is 6.26 Å². The van der Waals surface area contributed by atoms with Gasteiger partial charge in [-0.25, -0.2) is 8.78 Å². The van der Waals surface area contributed by atoms with E-state index in [9.17, 15) is 13.6 Å². The predicted molar refractivity (Wildman–Crippen MR) is 69.7 cm³/mol. The van der Waals surface area contributed by atoms with Gasteiger partial charge in [-0.1, -0.05) is 0 Å². The first-order chi connectivity index (χ1) is 9.69. The molecular weight excluding hydrogens is 264 g/mol. The molecule has 0 bridgehead atoms. The van der Waals surface area contributed by atoms with E-state index in [1.807, 2.05) is 0 Å². The van der Waals surface area contributed by atoms with E-state index >= 15 is 0 Å². The number of furan rings is 1. The van der Waals surface area contributed by atoms with Gasteiger partial charge in [-0.15, -0.1) is 0 Å². The molecule has 1 aromatic carbocycles. The largest absolute Gasteiger partial charge is 0.467 e. The summed E-state index contributed by atoms with van der Waals surface area (Å²) in [6, 6.07) is 5.74. The minimum Gasteiger partial charge on any atom is -0.467 e. The number of nitrogens with zero attached hydrogens (tertiary/aromatic N) is 1. The normalized spacial score (nSPS) is 14.3. The zero-order chi connectivity index (χ0) is 14.1. The SMILES string of the molecule is O=Cc1cc(F)c(N(Cc2ccco2)C2CC2)c(F)c1. The molecule has 104 valence electrons. The number of anilines is 1. The highest BCUT2D eigenvalue weighted by molar-refractivity contribution is 5.76. The standard InChI is InChI=1S/C15H13F2NO2/c16-13-6-10(9-19)7-14(17)15(13)18(11-3-4-11)8-12-2-1-5-20-12/h1-2,5-7,9,11H,3-4,8H2. The zero-order valence-corrected chi connectivity index (χ0v) is 10.7. The summed E-state index contributed by atoms with van der Waals surface area (Å²) in [6.45, 7) is 0.311. The summed E-state index contributed by atoms with van der Waals surface area (Å²) in [7, 11) is 0. The van der Waals surface area contributed by atoms with E-state index in [-0.39, 0.29) is 17.3 Å². The number of benzene rings is 1. The molecule has 1 heterocycles. The second kappa shape index (κ2) is 5.07. The summed E-state index contributed by atoms with van der Waals surface area (Å²) < 4.78 is 33.4. The van der Waals surface area contributed by atoms with Crippen LogP contribution >= 0.6 is 0 Å². The average Bonchev–Trinajstić information content (AvgIpc) is 3.14. The lowest BCUT2D eigenvalue weighted by atomic mass is 10.1. The maximum atomic E-state index is 14.1. The summed E-state index contributed by atoms with van der Waals surface area (Å²) >= 11 is 0. The molecule has 1 fully saturated rings. The minimum absolute atomic E-state index is 0.00232. The van der Waals surface area contributed by atoms with E-state index in [4.69, 9.17) is 4.42 Å². The second-order valence-corrected chi connectivity index (χ2v) is 4.89. The van der Waals surface area contributed by atoms with Gasteiger partial charge in [-0.3, -0.25) is 4.79 Å². The third kappa shape index (κ3) is 2.43. The van der Waals surface area contributed by atoms with Crippen molar-refractivity contribution in [1.29, 1.82) is 0 Å². The molecule has 1 aliphatic carbocycles. The van der Waals surface area contributed by atoms with Crippen LogP contribution in [0.5, 0.6) is 0 Å². The third-order valence-corrected chi connectivity index (χ3v) is 3.36. The van der Waals surface area contributed by atoms with Crippen molar-refractivity contribution in [3.05, 3.63) is 53.5 Å². The molecule has 0 unspecified atom stereocenters. The van der Waals surface area contributed by atoms with Gasteiger partial charge in [0.15, 0.2) is 0 Å². The number of aldehydes is 1. The molecule has 1 aliphatic rings. The van der Waals surface area contributed by atoms with Crippen molar-refractivity contribution in [3.8, 4) is 0 Å². The first-order valence-electron chi connectivity index (χ1n) is 6.42. The molecule has 1 saturated carbocycles. The van der Waals surface area contributed by atoms with Crippen LogP contribution in [0.4, 0.5) is 14.5 Å². The van der Waals surface area contributed by atoms with Crippen molar-refractivity contribution < 1.29 is 18.0 Å². The monoisotopic (exact) mass is 277 g/mol. The third-order valence-electron chi connectivity index (χ3n) is 3.36. The van der Waals surface area contributed by atoms with Crippen LogP contribution in [0.15, 0.2) is 34.9 Å². The Hall–Kier alpha value is -2.17. The molecule has 20 heavy (non-hydrogen) atoms. The molecular formula is C15H13F2NO2.